The van der Waals surface area contributed by atoms with E-state index in [0.29, 0.717) is 42.9 Å². The first-order chi connectivity index (χ1) is 21.8. The molecule has 1 aliphatic carbocycles. The number of hydrogen-bond acceptors (Lipinski definition) is 8. The first-order valence-corrected chi connectivity index (χ1v) is 16.3. The minimum Gasteiger partial charge on any atom is -0.497 e. The highest BCUT2D eigenvalue weighted by atomic mass is 16.6. The number of nitrogens with zero attached hydrogens (tertiary/aromatic N) is 2. The van der Waals surface area contributed by atoms with Crippen LogP contribution in [0, 0.1) is 25.7 Å². The number of rotatable bonds is 12. The molecule has 0 unspecified atom stereocenters. The molecule has 1 heterocycles. The first-order valence-electron chi connectivity index (χ1n) is 16.3. The predicted octanol–water partition coefficient (Wildman–Crippen LogP) is 8.30. The zero-order chi connectivity index (χ0) is 33.4. The van der Waals surface area contributed by atoms with E-state index in [2.05, 4.69) is 6.07 Å². The molecule has 9 nitrogen and oxygen atoms in total. The number of oxazole rings is 1. The van der Waals surface area contributed by atoms with Crippen LogP contribution in [0.15, 0.2) is 52.9 Å². The number of methoxy groups -OCH3 is 1. The zero-order valence-electron chi connectivity index (χ0n) is 28.6. The van der Waals surface area contributed by atoms with Crippen molar-refractivity contribution in [3.05, 3.63) is 65.5 Å². The lowest BCUT2D eigenvalue weighted by molar-refractivity contribution is -0.162. The molecule has 0 aliphatic heterocycles. The molecule has 46 heavy (non-hydrogen) atoms. The fraction of sp³-hybridized carbons (Fsp3) is 0.541. The van der Waals surface area contributed by atoms with Crippen LogP contribution in [0.2, 0.25) is 0 Å². The van der Waals surface area contributed by atoms with E-state index >= 15 is 0 Å². The van der Waals surface area contributed by atoms with Crippen LogP contribution >= 0.6 is 0 Å². The summed E-state index contributed by atoms with van der Waals surface area (Å²) in [5.41, 5.74) is 2.22. The Kier molecular flexibility index (Phi) is 11.9. The molecule has 250 valence electrons. The Morgan fingerprint density at radius 1 is 1.04 bits per heavy atom. The molecule has 1 amide bonds. The second-order valence-electron chi connectivity index (χ2n) is 13.6. The number of benzene rings is 2. The van der Waals surface area contributed by atoms with Gasteiger partial charge in [-0.15, -0.1) is 0 Å². The molecule has 0 saturated heterocycles. The molecule has 9 heteroatoms. The molecule has 1 saturated carbocycles. The third kappa shape index (κ3) is 9.82. The highest BCUT2D eigenvalue weighted by molar-refractivity contribution is 5.82. The topological polar surface area (TPSA) is 100 Å². The van der Waals surface area contributed by atoms with Crippen LogP contribution in [0.3, 0.4) is 0 Å². The van der Waals surface area contributed by atoms with Crippen LogP contribution in [-0.4, -0.2) is 53.3 Å². The minimum absolute atomic E-state index is 0.0729. The highest BCUT2D eigenvalue weighted by Gasteiger charge is 2.37. The second-order valence-corrected chi connectivity index (χ2v) is 13.6. The third-order valence-electron chi connectivity index (χ3n) is 8.24. The number of ether oxygens (including phenoxy) is 4. The monoisotopic (exact) mass is 634 g/mol. The molecule has 1 aromatic heterocycles. The average Bonchev–Trinajstić information content (AvgIpc) is 3.37. The number of amides is 1. The number of aromatic nitrogens is 1. The quantitative estimate of drug-likeness (QED) is 0.184. The Labute approximate surface area is 273 Å². The van der Waals surface area contributed by atoms with Crippen LogP contribution < -0.4 is 9.47 Å². The van der Waals surface area contributed by atoms with E-state index < -0.39 is 23.7 Å². The maximum absolute atomic E-state index is 13.7. The Morgan fingerprint density at radius 2 is 1.76 bits per heavy atom. The summed E-state index contributed by atoms with van der Waals surface area (Å²) in [7, 11) is 1.58. The SMILES string of the molecule is COc1ccc(OC(=O)N(CC[C@H]2CCC[C@@H](OCc3nc(-c4cccc(C)c4)oc3C)C2)[C@H](C(=O)OC(C)(C)C)C(C)C)cc1. The first kappa shape index (κ1) is 35.0. The molecular weight excluding hydrogens is 584 g/mol. The normalized spacial score (nSPS) is 17.4. The lowest BCUT2D eigenvalue weighted by atomic mass is 9.84. The standard InChI is InChI=1S/C37H50N2O7/c1-24(2)33(35(40)46-37(5,6)7)39(36(41)45-30-17-15-29(42-8)16-18-30)20-19-27-12-10-14-31(22-27)43-23-32-26(4)44-34(38-32)28-13-9-11-25(3)21-28/h9,11,13,15-18,21,24,27,31,33H,10,12,14,19-20,22-23H2,1-8H3/t27-,31-,33+/m1/s1. The van der Waals surface area contributed by atoms with E-state index in [-0.39, 0.29) is 12.0 Å². The summed E-state index contributed by atoms with van der Waals surface area (Å²) in [4.78, 5) is 33.3. The average molecular weight is 635 g/mol. The van der Waals surface area contributed by atoms with Gasteiger partial charge in [0, 0.05) is 12.1 Å². The van der Waals surface area contributed by atoms with Gasteiger partial charge in [-0.3, -0.25) is 4.90 Å². The molecule has 4 rings (SSSR count). The maximum Gasteiger partial charge on any atom is 0.415 e. The Bertz CT molecular complexity index is 1440. The Balaban J connectivity index is 1.42. The van der Waals surface area contributed by atoms with Crippen molar-refractivity contribution in [2.45, 2.75) is 105 Å². The molecule has 0 bridgehead atoms. The number of carbonyl (C=O) groups excluding carboxylic acids is 2. The number of aryl methyl sites for hydroxylation is 2. The van der Waals surface area contributed by atoms with Crippen LogP contribution in [-0.2, 0) is 20.9 Å². The largest absolute Gasteiger partial charge is 0.497 e. The highest BCUT2D eigenvalue weighted by Crippen LogP contribution is 2.31. The van der Waals surface area contributed by atoms with Gasteiger partial charge in [0.1, 0.15) is 34.6 Å². The summed E-state index contributed by atoms with van der Waals surface area (Å²) in [6.07, 6.45) is 4.09. The summed E-state index contributed by atoms with van der Waals surface area (Å²) in [5.74, 6) is 2.10. The Hall–Kier alpha value is -3.85. The molecule has 1 fully saturated rings. The predicted molar refractivity (Wildman–Crippen MR) is 177 cm³/mol. The van der Waals surface area contributed by atoms with Crippen LogP contribution in [0.4, 0.5) is 4.79 Å². The number of esters is 1. The summed E-state index contributed by atoms with van der Waals surface area (Å²) >= 11 is 0. The molecular formula is C37H50N2O7. The zero-order valence-corrected chi connectivity index (χ0v) is 28.6. The van der Waals surface area contributed by atoms with Gasteiger partial charge in [0.2, 0.25) is 5.89 Å². The van der Waals surface area contributed by atoms with E-state index in [0.717, 1.165) is 48.3 Å². The van der Waals surface area contributed by atoms with Gasteiger partial charge in [-0.05, 0) is 102 Å². The van der Waals surface area contributed by atoms with Gasteiger partial charge in [0.25, 0.3) is 0 Å². The van der Waals surface area contributed by atoms with E-state index in [1.165, 1.54) is 0 Å². The molecule has 3 aromatic rings. The fourth-order valence-electron chi connectivity index (χ4n) is 5.91. The molecule has 0 radical (unpaired) electrons. The third-order valence-corrected chi connectivity index (χ3v) is 8.24. The lowest BCUT2D eigenvalue weighted by Gasteiger charge is -2.36. The van der Waals surface area contributed by atoms with Gasteiger partial charge in [0.15, 0.2) is 0 Å². The van der Waals surface area contributed by atoms with Crippen molar-refractivity contribution in [3.8, 4) is 23.0 Å². The van der Waals surface area contributed by atoms with Gasteiger partial charge >= 0.3 is 12.1 Å². The van der Waals surface area contributed by atoms with E-state index in [1.54, 1.807) is 36.3 Å². The van der Waals surface area contributed by atoms with Gasteiger partial charge < -0.3 is 23.4 Å². The Morgan fingerprint density at radius 3 is 2.41 bits per heavy atom. The van der Waals surface area contributed by atoms with Crippen molar-refractivity contribution in [1.29, 1.82) is 0 Å². The van der Waals surface area contributed by atoms with E-state index in [9.17, 15) is 9.59 Å². The molecule has 2 aromatic carbocycles. The van der Waals surface area contributed by atoms with Crippen LogP contribution in [0.25, 0.3) is 11.5 Å². The second kappa shape index (κ2) is 15.6. The van der Waals surface area contributed by atoms with Gasteiger partial charge in [-0.2, -0.15) is 0 Å². The summed E-state index contributed by atoms with van der Waals surface area (Å²) in [5, 5.41) is 0. The van der Waals surface area contributed by atoms with Crippen LogP contribution in [0.5, 0.6) is 11.5 Å². The lowest BCUT2D eigenvalue weighted by Crippen LogP contribution is -2.51. The molecule has 3 atom stereocenters. The molecule has 1 aliphatic rings. The van der Waals surface area contributed by atoms with E-state index in [4.69, 9.17) is 28.3 Å². The van der Waals surface area contributed by atoms with Gasteiger partial charge in [0.05, 0.1) is 19.8 Å². The van der Waals surface area contributed by atoms with Crippen molar-refractivity contribution in [1.82, 2.24) is 9.88 Å². The van der Waals surface area contributed by atoms with Crippen molar-refractivity contribution in [2.75, 3.05) is 13.7 Å². The number of carbonyl (C=O) groups is 2. The van der Waals surface area contributed by atoms with Crippen LogP contribution in [0.1, 0.15) is 83.7 Å². The molecule has 0 N–H and O–H groups in total. The maximum atomic E-state index is 13.7. The van der Waals surface area contributed by atoms with Crippen molar-refractivity contribution < 1.29 is 33.0 Å². The summed E-state index contributed by atoms with van der Waals surface area (Å²) < 4.78 is 29.1. The smallest absolute Gasteiger partial charge is 0.415 e. The minimum atomic E-state index is -0.793. The van der Waals surface area contributed by atoms with Gasteiger partial charge in [-0.1, -0.05) is 44.4 Å². The number of hydrogen-bond donors (Lipinski definition) is 0. The van der Waals surface area contributed by atoms with Crippen molar-refractivity contribution in [2.24, 2.45) is 11.8 Å². The fourth-order valence-corrected chi connectivity index (χ4v) is 5.91. The summed E-state index contributed by atoms with van der Waals surface area (Å²) in [6.45, 7) is 14.0. The van der Waals surface area contributed by atoms with E-state index in [1.807, 2.05) is 66.7 Å². The van der Waals surface area contributed by atoms with Crippen molar-refractivity contribution >= 4 is 12.1 Å². The van der Waals surface area contributed by atoms with Crippen molar-refractivity contribution in [3.63, 3.8) is 0 Å². The molecule has 0 spiro atoms. The summed E-state index contributed by atoms with van der Waals surface area (Å²) in [6, 6.07) is 14.1. The van der Waals surface area contributed by atoms with Gasteiger partial charge in [-0.25, -0.2) is 14.6 Å².